The van der Waals surface area contributed by atoms with Gasteiger partial charge >= 0.3 is 20.1 Å². The smallest absolute Gasteiger partial charge is 0.465 e. The number of anilines is 1. The third kappa shape index (κ3) is 6.27. The Morgan fingerprint density at radius 3 is 2.84 bits per heavy atom. The molecule has 208 valence electrons. The van der Waals surface area contributed by atoms with Crippen molar-refractivity contribution in [1.82, 2.24) is 24.8 Å². The summed E-state index contributed by atoms with van der Waals surface area (Å²) in [6.45, 7) is 9.04. The van der Waals surface area contributed by atoms with Gasteiger partial charge in [-0.2, -0.15) is 14.4 Å². The van der Waals surface area contributed by atoms with E-state index in [-0.39, 0.29) is 23.4 Å². The zero-order valence-corrected chi connectivity index (χ0v) is 23.1. The number of carbonyl (C=O) groups excluding carboxylic acids is 1. The SMILES string of the molecule is C#C[C@]1(CO[P+](=O)C(C)(CC)N[C@@H](C)C(=O)OCCC(C)C)O[C@@H](n2cnc3c(N)nc(F)nc32)C[C@@H]1O. The van der Waals surface area contributed by atoms with Gasteiger partial charge in [-0.15, -0.1) is 10.9 Å². The molecule has 1 saturated heterocycles. The molecule has 0 saturated carbocycles. The van der Waals surface area contributed by atoms with Crippen LogP contribution in [0.15, 0.2) is 6.33 Å². The molecule has 2 aromatic heterocycles. The van der Waals surface area contributed by atoms with Gasteiger partial charge in [0.1, 0.15) is 25.0 Å². The minimum absolute atomic E-state index is 0.00385. The van der Waals surface area contributed by atoms with E-state index in [1.807, 2.05) is 13.8 Å². The third-order valence-electron chi connectivity index (χ3n) is 6.59. The number of hydrogen-bond donors (Lipinski definition) is 3. The van der Waals surface area contributed by atoms with Crippen LogP contribution in [0.2, 0.25) is 0 Å². The van der Waals surface area contributed by atoms with Crippen LogP contribution >= 0.6 is 8.03 Å². The number of esters is 1. The van der Waals surface area contributed by atoms with Crippen molar-refractivity contribution in [2.24, 2.45) is 5.92 Å². The molecule has 0 amide bonds. The summed E-state index contributed by atoms with van der Waals surface area (Å²) in [5.41, 5.74) is 4.31. The second-order valence-corrected chi connectivity index (χ2v) is 11.7. The summed E-state index contributed by atoms with van der Waals surface area (Å²) in [5, 5.41) is 12.8. The van der Waals surface area contributed by atoms with E-state index in [1.165, 1.54) is 10.9 Å². The second kappa shape index (κ2) is 12.0. The normalized spacial score (nSPS) is 24.2. The standard InChI is InChI=1S/C24H35FN6O6P/c1-7-23(6,30-15(5)21(33)35-10-9-14(3)4)38(34)36-12-24(8-2)16(32)11-17(37-24)31-13-27-18-19(26)28-22(25)29-20(18)31/h2,13-17,30,32H,7,9-12H2,1,3-6H3,(H2,26,28,29)/q+1/t15-,16-,17+,23?,24+/m0/s1. The van der Waals surface area contributed by atoms with Gasteiger partial charge in [-0.05, 0) is 23.8 Å². The number of rotatable bonds is 12. The van der Waals surface area contributed by atoms with Crippen molar-refractivity contribution < 1.29 is 32.9 Å². The van der Waals surface area contributed by atoms with E-state index in [4.69, 9.17) is 26.2 Å². The maximum atomic E-state index is 13.8. The van der Waals surface area contributed by atoms with Crippen LogP contribution in [0.3, 0.4) is 0 Å². The van der Waals surface area contributed by atoms with Gasteiger partial charge in [0.25, 0.3) is 0 Å². The molecule has 3 heterocycles. The maximum Gasteiger partial charge on any atom is 0.530 e. The number of nitrogen functional groups attached to an aromatic ring is 1. The number of aliphatic hydroxyl groups is 1. The first-order chi connectivity index (χ1) is 17.9. The van der Waals surface area contributed by atoms with Gasteiger partial charge in [0.05, 0.1) is 12.9 Å². The fourth-order valence-corrected chi connectivity index (χ4v) is 5.12. The summed E-state index contributed by atoms with van der Waals surface area (Å²) in [6, 6.07) is -0.738. The molecule has 3 rings (SSSR count). The molecule has 4 N–H and O–H groups in total. The molecule has 2 aromatic rings. The highest BCUT2D eigenvalue weighted by Crippen LogP contribution is 2.44. The van der Waals surface area contributed by atoms with E-state index in [0.717, 1.165) is 6.42 Å². The quantitative estimate of drug-likeness (QED) is 0.153. The van der Waals surface area contributed by atoms with Crippen molar-refractivity contribution >= 4 is 31.0 Å². The maximum absolute atomic E-state index is 13.8. The molecule has 14 heteroatoms. The number of carbonyl (C=O) groups is 1. The molecule has 0 spiro atoms. The summed E-state index contributed by atoms with van der Waals surface area (Å²) in [6.07, 6.45) is 5.04. The molecular weight excluding hydrogens is 518 g/mol. The Bertz CT molecular complexity index is 1220. The van der Waals surface area contributed by atoms with Gasteiger partial charge in [0.15, 0.2) is 22.6 Å². The van der Waals surface area contributed by atoms with Crippen molar-refractivity contribution in [2.75, 3.05) is 18.9 Å². The van der Waals surface area contributed by atoms with Crippen molar-refractivity contribution in [3.63, 3.8) is 0 Å². The fourth-order valence-electron chi connectivity index (χ4n) is 3.97. The second-order valence-electron chi connectivity index (χ2n) is 9.93. The Labute approximate surface area is 221 Å². The lowest BCUT2D eigenvalue weighted by Gasteiger charge is -2.26. The van der Waals surface area contributed by atoms with Crippen LogP contribution in [0.1, 0.15) is 60.1 Å². The lowest BCUT2D eigenvalue weighted by Crippen LogP contribution is -2.49. The highest BCUT2D eigenvalue weighted by Gasteiger charge is 2.53. The molecular formula is C24H35FN6O6P+. The van der Waals surface area contributed by atoms with Crippen LogP contribution in [0, 0.1) is 24.3 Å². The van der Waals surface area contributed by atoms with E-state index in [2.05, 4.69) is 26.2 Å². The average molecular weight is 554 g/mol. The number of nitrogens with zero attached hydrogens (tertiary/aromatic N) is 4. The molecule has 0 aliphatic carbocycles. The number of aliphatic hydroxyl groups excluding tert-OH is 1. The average Bonchev–Trinajstić information content (AvgIpc) is 3.43. The lowest BCUT2D eigenvalue weighted by molar-refractivity contribution is -0.146. The Morgan fingerprint density at radius 1 is 1.50 bits per heavy atom. The number of nitrogens with one attached hydrogen (secondary N) is 1. The highest BCUT2D eigenvalue weighted by molar-refractivity contribution is 7.41. The molecule has 1 aliphatic rings. The van der Waals surface area contributed by atoms with Crippen LogP contribution in [0.25, 0.3) is 11.2 Å². The van der Waals surface area contributed by atoms with Gasteiger partial charge in [-0.3, -0.25) is 14.7 Å². The Balaban J connectivity index is 1.68. The largest absolute Gasteiger partial charge is 0.530 e. The van der Waals surface area contributed by atoms with Crippen LogP contribution in [0.4, 0.5) is 10.2 Å². The van der Waals surface area contributed by atoms with Crippen molar-refractivity contribution in [1.29, 1.82) is 0 Å². The monoisotopic (exact) mass is 553 g/mol. The van der Waals surface area contributed by atoms with Crippen LogP contribution in [-0.2, 0) is 23.4 Å². The van der Waals surface area contributed by atoms with E-state index in [1.54, 1.807) is 20.8 Å². The predicted molar refractivity (Wildman–Crippen MR) is 137 cm³/mol. The number of fused-ring (bicyclic) bond motifs is 1. The Kier molecular flexibility index (Phi) is 9.39. The van der Waals surface area contributed by atoms with Crippen LogP contribution in [-0.4, -0.2) is 66.8 Å². The minimum Gasteiger partial charge on any atom is -0.465 e. The number of halogens is 1. The molecule has 1 aliphatic heterocycles. The number of terminal acetylenes is 1. The number of aromatic nitrogens is 4. The van der Waals surface area contributed by atoms with Gasteiger partial charge in [-0.25, -0.2) is 4.98 Å². The van der Waals surface area contributed by atoms with Gasteiger partial charge in [0.2, 0.25) is 5.28 Å². The van der Waals surface area contributed by atoms with Gasteiger partial charge < -0.3 is 20.3 Å². The Morgan fingerprint density at radius 2 is 2.21 bits per heavy atom. The molecule has 0 aromatic carbocycles. The van der Waals surface area contributed by atoms with Crippen molar-refractivity contribution in [3.8, 4) is 12.3 Å². The fraction of sp³-hybridized carbons (Fsp3) is 0.667. The summed E-state index contributed by atoms with van der Waals surface area (Å²) in [7, 11) is -2.44. The van der Waals surface area contributed by atoms with Gasteiger partial charge in [0, 0.05) is 19.8 Å². The van der Waals surface area contributed by atoms with E-state index in [9.17, 15) is 18.9 Å². The molecule has 1 fully saturated rings. The van der Waals surface area contributed by atoms with Crippen LogP contribution < -0.4 is 11.1 Å². The molecule has 2 unspecified atom stereocenters. The molecule has 0 bridgehead atoms. The Hall–Kier alpha value is -2.75. The summed E-state index contributed by atoms with van der Waals surface area (Å²) < 4.78 is 45.4. The summed E-state index contributed by atoms with van der Waals surface area (Å²) in [4.78, 5) is 23.7. The van der Waals surface area contributed by atoms with Crippen LogP contribution in [0.5, 0.6) is 0 Å². The first-order valence-electron chi connectivity index (χ1n) is 12.4. The number of ether oxygens (including phenoxy) is 2. The first-order valence-corrected chi connectivity index (χ1v) is 13.6. The molecule has 0 radical (unpaired) electrons. The topological polar surface area (TPSA) is 164 Å². The van der Waals surface area contributed by atoms with Gasteiger partial charge in [-0.1, -0.05) is 26.7 Å². The highest BCUT2D eigenvalue weighted by atomic mass is 31.1. The van der Waals surface area contributed by atoms with E-state index < -0.39 is 55.9 Å². The molecule has 38 heavy (non-hydrogen) atoms. The molecule has 12 nitrogen and oxygen atoms in total. The van der Waals surface area contributed by atoms with E-state index >= 15 is 0 Å². The third-order valence-corrected chi connectivity index (χ3v) is 8.21. The zero-order valence-electron chi connectivity index (χ0n) is 22.2. The first kappa shape index (κ1) is 29.8. The van der Waals surface area contributed by atoms with Crippen molar-refractivity contribution in [3.05, 3.63) is 12.4 Å². The van der Waals surface area contributed by atoms with E-state index in [0.29, 0.717) is 18.9 Å². The molecule has 6 atom stereocenters. The number of nitrogens with two attached hydrogens (primary N) is 1. The predicted octanol–water partition coefficient (Wildman–Crippen LogP) is 2.65. The van der Waals surface area contributed by atoms with Crippen molar-refractivity contribution in [2.45, 2.75) is 83.1 Å². The number of hydrogen-bond acceptors (Lipinski definition) is 11. The summed E-state index contributed by atoms with van der Waals surface area (Å²) in [5.74, 6) is 2.22. The lowest BCUT2D eigenvalue weighted by atomic mass is 9.99. The zero-order chi connectivity index (χ0) is 28.3. The summed E-state index contributed by atoms with van der Waals surface area (Å²) >= 11 is 0. The minimum atomic E-state index is -2.44. The number of imidazole rings is 1.